The molecular formula is C29H18Cl2N4. The average molecular weight is 493 g/mol. The molecule has 3 aromatic carbocycles. The number of pyridine rings is 2. The maximum absolute atomic E-state index is 6.66. The van der Waals surface area contributed by atoms with Crippen molar-refractivity contribution in [2.24, 2.45) is 0 Å². The van der Waals surface area contributed by atoms with E-state index in [0.717, 1.165) is 56.2 Å². The molecule has 0 atom stereocenters. The van der Waals surface area contributed by atoms with Crippen LogP contribution in [-0.4, -0.2) is 19.9 Å². The fraction of sp³-hybridized carbons (Fsp3) is 0. The zero-order valence-electron chi connectivity index (χ0n) is 18.4. The van der Waals surface area contributed by atoms with Crippen molar-refractivity contribution >= 4 is 34.2 Å². The quantitative estimate of drug-likeness (QED) is 0.269. The van der Waals surface area contributed by atoms with Crippen molar-refractivity contribution in [2.45, 2.75) is 0 Å². The molecule has 35 heavy (non-hydrogen) atoms. The van der Waals surface area contributed by atoms with Crippen molar-refractivity contribution in [3.63, 3.8) is 0 Å². The molecule has 3 heterocycles. The number of para-hydroxylation sites is 2. The molecule has 6 rings (SSSR count). The first-order valence-corrected chi connectivity index (χ1v) is 11.8. The van der Waals surface area contributed by atoms with Gasteiger partial charge in [0.2, 0.25) is 0 Å². The third-order valence-electron chi connectivity index (χ3n) is 5.85. The fourth-order valence-corrected chi connectivity index (χ4v) is 4.56. The molecular weight excluding hydrogens is 475 g/mol. The van der Waals surface area contributed by atoms with E-state index in [2.05, 4.69) is 28.2 Å². The first kappa shape index (κ1) is 21.5. The van der Waals surface area contributed by atoms with Gasteiger partial charge in [0.15, 0.2) is 0 Å². The molecule has 0 unspecified atom stereocenters. The van der Waals surface area contributed by atoms with Crippen LogP contribution >= 0.6 is 23.2 Å². The Bertz CT molecular complexity index is 1640. The first-order chi connectivity index (χ1) is 17.2. The van der Waals surface area contributed by atoms with Gasteiger partial charge in [-0.05, 0) is 72.3 Å². The van der Waals surface area contributed by atoms with E-state index in [4.69, 9.17) is 33.2 Å². The van der Waals surface area contributed by atoms with Crippen LogP contribution in [0.3, 0.4) is 0 Å². The van der Waals surface area contributed by atoms with Crippen LogP contribution in [0.1, 0.15) is 0 Å². The van der Waals surface area contributed by atoms with Gasteiger partial charge in [0, 0.05) is 32.9 Å². The number of rotatable bonds is 4. The minimum atomic E-state index is 0.610. The highest BCUT2D eigenvalue weighted by Crippen LogP contribution is 2.39. The molecule has 6 heteroatoms. The molecule has 0 amide bonds. The van der Waals surface area contributed by atoms with Gasteiger partial charge in [-0.25, -0.2) is 9.97 Å². The summed E-state index contributed by atoms with van der Waals surface area (Å²) in [7, 11) is 0. The van der Waals surface area contributed by atoms with Crippen LogP contribution in [0.2, 0.25) is 10.0 Å². The topological polar surface area (TPSA) is 54.5 Å². The Balaban J connectivity index is 1.54. The number of aromatic amines is 1. The number of hydrogen-bond donors (Lipinski definition) is 1. The highest BCUT2D eigenvalue weighted by Gasteiger charge is 2.16. The SMILES string of the molecule is Clc1ccc(Cl)c(-c2cc(-c3cccc(-c4ccccn4)n3)ccc2-c2nc3ccccc3[nH]2)c1. The molecule has 0 saturated heterocycles. The van der Waals surface area contributed by atoms with Crippen molar-refractivity contribution in [1.82, 2.24) is 19.9 Å². The Morgan fingerprint density at radius 3 is 2.29 bits per heavy atom. The summed E-state index contributed by atoms with van der Waals surface area (Å²) in [4.78, 5) is 17.6. The lowest BCUT2D eigenvalue weighted by Gasteiger charge is -2.13. The number of halogens is 2. The van der Waals surface area contributed by atoms with Gasteiger partial charge in [-0.3, -0.25) is 4.98 Å². The molecule has 0 bridgehead atoms. The van der Waals surface area contributed by atoms with Gasteiger partial charge < -0.3 is 4.98 Å². The third-order valence-corrected chi connectivity index (χ3v) is 6.42. The molecule has 0 saturated carbocycles. The number of hydrogen-bond acceptors (Lipinski definition) is 3. The molecule has 0 spiro atoms. The van der Waals surface area contributed by atoms with Crippen LogP contribution in [0.5, 0.6) is 0 Å². The maximum atomic E-state index is 6.66. The largest absolute Gasteiger partial charge is 0.338 e. The third kappa shape index (κ3) is 4.18. The summed E-state index contributed by atoms with van der Waals surface area (Å²) < 4.78 is 0. The molecule has 4 nitrogen and oxygen atoms in total. The Kier molecular flexibility index (Phi) is 5.53. The Hall–Kier alpha value is -3.99. The van der Waals surface area contributed by atoms with Gasteiger partial charge in [0.1, 0.15) is 5.82 Å². The average Bonchev–Trinajstić information content (AvgIpc) is 3.34. The minimum absolute atomic E-state index is 0.610. The molecule has 1 N–H and O–H groups in total. The van der Waals surface area contributed by atoms with E-state index in [9.17, 15) is 0 Å². The van der Waals surface area contributed by atoms with Gasteiger partial charge in [-0.1, -0.05) is 53.5 Å². The number of nitrogens with zero attached hydrogens (tertiary/aromatic N) is 3. The minimum Gasteiger partial charge on any atom is -0.338 e. The second kappa shape index (κ2) is 8.99. The number of benzene rings is 3. The summed E-state index contributed by atoms with van der Waals surface area (Å²) in [6.45, 7) is 0. The molecule has 6 aromatic rings. The predicted molar refractivity (Wildman–Crippen MR) is 143 cm³/mol. The maximum Gasteiger partial charge on any atom is 0.139 e. The predicted octanol–water partition coefficient (Wildman–Crippen LogP) is 8.33. The summed E-state index contributed by atoms with van der Waals surface area (Å²) in [6, 6.07) is 31.4. The van der Waals surface area contributed by atoms with Crippen molar-refractivity contribution in [3.05, 3.63) is 113 Å². The zero-order chi connectivity index (χ0) is 23.8. The summed E-state index contributed by atoms with van der Waals surface area (Å²) in [6.07, 6.45) is 1.77. The number of fused-ring (bicyclic) bond motifs is 1. The monoisotopic (exact) mass is 492 g/mol. The van der Waals surface area contributed by atoms with Crippen LogP contribution in [0.4, 0.5) is 0 Å². The van der Waals surface area contributed by atoms with Crippen molar-refractivity contribution < 1.29 is 0 Å². The lowest BCUT2D eigenvalue weighted by atomic mass is 9.95. The van der Waals surface area contributed by atoms with E-state index >= 15 is 0 Å². The lowest BCUT2D eigenvalue weighted by Crippen LogP contribution is -1.93. The summed E-state index contributed by atoms with van der Waals surface area (Å²) in [5, 5.41) is 1.22. The smallest absolute Gasteiger partial charge is 0.139 e. The van der Waals surface area contributed by atoms with Crippen LogP contribution in [0, 0.1) is 0 Å². The first-order valence-electron chi connectivity index (χ1n) is 11.1. The van der Waals surface area contributed by atoms with Gasteiger partial charge in [-0.2, -0.15) is 0 Å². The highest BCUT2D eigenvalue weighted by molar-refractivity contribution is 6.35. The molecule has 0 aliphatic carbocycles. The normalized spacial score (nSPS) is 11.1. The second-order valence-corrected chi connectivity index (χ2v) is 8.95. The number of imidazole rings is 1. The fourth-order valence-electron chi connectivity index (χ4n) is 4.17. The summed E-state index contributed by atoms with van der Waals surface area (Å²) >= 11 is 13.0. The lowest BCUT2D eigenvalue weighted by molar-refractivity contribution is 1.25. The molecule has 0 radical (unpaired) electrons. The van der Waals surface area contributed by atoms with Gasteiger partial charge in [0.05, 0.1) is 28.1 Å². The van der Waals surface area contributed by atoms with Gasteiger partial charge >= 0.3 is 0 Å². The van der Waals surface area contributed by atoms with E-state index in [0.29, 0.717) is 10.0 Å². The van der Waals surface area contributed by atoms with Crippen LogP contribution in [-0.2, 0) is 0 Å². The Labute approximate surface area is 212 Å². The van der Waals surface area contributed by atoms with Crippen molar-refractivity contribution in [2.75, 3.05) is 0 Å². The van der Waals surface area contributed by atoms with E-state index in [1.165, 1.54) is 0 Å². The molecule has 0 aliphatic heterocycles. The van der Waals surface area contributed by atoms with Crippen molar-refractivity contribution in [1.29, 1.82) is 0 Å². The zero-order valence-corrected chi connectivity index (χ0v) is 19.9. The molecule has 168 valence electrons. The molecule has 0 aliphatic rings. The standard InChI is InChI=1S/C29H18Cl2N4/c30-19-12-14-23(31)22(17-19)21-16-18(24-9-5-10-26(33-24)25-6-3-4-15-32-25)11-13-20(21)29-34-27-7-1-2-8-28(27)35-29/h1-17H,(H,34,35). The Morgan fingerprint density at radius 2 is 1.43 bits per heavy atom. The van der Waals surface area contributed by atoms with E-state index in [1.54, 1.807) is 12.3 Å². The van der Waals surface area contributed by atoms with Gasteiger partial charge in [-0.15, -0.1) is 0 Å². The molecule has 3 aromatic heterocycles. The van der Waals surface area contributed by atoms with Crippen LogP contribution < -0.4 is 0 Å². The van der Waals surface area contributed by atoms with Crippen LogP contribution in [0.25, 0.3) is 56.2 Å². The number of nitrogens with one attached hydrogen (secondary N) is 1. The van der Waals surface area contributed by atoms with Gasteiger partial charge in [0.25, 0.3) is 0 Å². The van der Waals surface area contributed by atoms with E-state index in [-0.39, 0.29) is 0 Å². The second-order valence-electron chi connectivity index (χ2n) is 8.11. The highest BCUT2D eigenvalue weighted by atomic mass is 35.5. The molecule has 0 fully saturated rings. The summed E-state index contributed by atoms with van der Waals surface area (Å²) in [5.41, 5.74) is 7.97. The van der Waals surface area contributed by atoms with Crippen LogP contribution in [0.15, 0.2) is 103 Å². The number of H-pyrrole nitrogens is 1. The van der Waals surface area contributed by atoms with E-state index < -0.39 is 0 Å². The van der Waals surface area contributed by atoms with Crippen molar-refractivity contribution in [3.8, 4) is 45.2 Å². The summed E-state index contributed by atoms with van der Waals surface area (Å²) in [5.74, 6) is 0.763. The number of aromatic nitrogens is 4. The Morgan fingerprint density at radius 1 is 0.600 bits per heavy atom. The van der Waals surface area contributed by atoms with E-state index in [1.807, 2.05) is 72.8 Å².